The summed E-state index contributed by atoms with van der Waals surface area (Å²) in [7, 11) is 0. The number of carbonyl (C=O) groups is 3. The van der Waals surface area contributed by atoms with E-state index in [0.717, 1.165) is 17.0 Å². The number of amides is 3. The van der Waals surface area contributed by atoms with Crippen molar-refractivity contribution in [3.63, 3.8) is 0 Å². The molecule has 2 saturated heterocycles. The average molecular weight is 489 g/mol. The Balaban J connectivity index is 1.53. The normalized spacial score (nSPS) is 21.5. The van der Waals surface area contributed by atoms with Gasteiger partial charge >= 0.3 is 6.18 Å². The highest BCUT2D eigenvalue weighted by atomic mass is 19.4. The van der Waals surface area contributed by atoms with Crippen LogP contribution in [0.5, 0.6) is 5.75 Å². The molecule has 0 saturated carbocycles. The van der Waals surface area contributed by atoms with Crippen LogP contribution in [0, 0.1) is 0 Å². The van der Waals surface area contributed by atoms with E-state index < -0.39 is 29.0 Å². The van der Waals surface area contributed by atoms with Crippen LogP contribution in [-0.4, -0.2) is 58.2 Å². The number of benzene rings is 1. The predicted octanol–water partition coefficient (Wildman–Crippen LogP) is 3.58. The number of likely N-dealkylation sites (N-methyl/N-ethyl adjacent to an activating group) is 1. The molecule has 3 amide bonds. The second-order valence-electron chi connectivity index (χ2n) is 8.84. The largest absolute Gasteiger partial charge is 0.489 e. The highest BCUT2D eigenvalue weighted by Gasteiger charge is 2.54. The predicted molar refractivity (Wildman–Crippen MR) is 119 cm³/mol. The van der Waals surface area contributed by atoms with Crippen LogP contribution in [-0.2, 0) is 26.0 Å². The third kappa shape index (κ3) is 5.01. The lowest BCUT2D eigenvalue weighted by Crippen LogP contribution is -2.46. The Hall–Kier alpha value is -3.43. The summed E-state index contributed by atoms with van der Waals surface area (Å²) < 4.78 is 46.1. The van der Waals surface area contributed by atoms with Crippen LogP contribution >= 0.6 is 0 Å². The van der Waals surface area contributed by atoms with Crippen molar-refractivity contribution in [2.24, 2.45) is 0 Å². The molecule has 10 heteroatoms. The van der Waals surface area contributed by atoms with Crippen LogP contribution in [0.2, 0.25) is 0 Å². The number of carbonyl (C=O) groups excluding carboxylic acids is 3. The molecular weight excluding hydrogens is 463 g/mol. The van der Waals surface area contributed by atoms with E-state index in [9.17, 15) is 27.6 Å². The van der Waals surface area contributed by atoms with Gasteiger partial charge in [-0.15, -0.1) is 0 Å². The first-order chi connectivity index (χ1) is 16.6. The standard InChI is InChI=1S/C25H26F3N3O4/c1-2-31-22(33)15-24(23(31)34,17-5-3-6-18(13-17)25(26,27)28)14-21(32)30-11-8-19(9-12-30)35-20-7-4-10-29-16-20/h3-7,10,13,16,19H,2,8-9,11-12,14-15H2,1H3/t24-/m0/s1. The van der Waals surface area contributed by atoms with Crippen LogP contribution < -0.4 is 4.74 Å². The number of imide groups is 1. The molecule has 3 heterocycles. The molecular formula is C25H26F3N3O4. The van der Waals surface area contributed by atoms with E-state index in [4.69, 9.17) is 4.74 Å². The summed E-state index contributed by atoms with van der Waals surface area (Å²) in [4.78, 5) is 45.8. The molecule has 1 aromatic carbocycles. The van der Waals surface area contributed by atoms with Gasteiger partial charge in [-0.25, -0.2) is 0 Å². The highest BCUT2D eigenvalue weighted by Crippen LogP contribution is 2.42. The minimum absolute atomic E-state index is 0.0322. The lowest BCUT2D eigenvalue weighted by Gasteiger charge is -2.35. The number of alkyl halides is 3. The SMILES string of the molecule is CCN1C(=O)C[C@@](CC(=O)N2CCC(Oc3cccnc3)CC2)(c2cccc(C(F)(F)F)c2)C1=O. The van der Waals surface area contributed by atoms with Crippen LogP contribution in [0.3, 0.4) is 0 Å². The molecule has 0 spiro atoms. The van der Waals surface area contributed by atoms with Gasteiger partial charge in [-0.1, -0.05) is 18.2 Å². The van der Waals surface area contributed by atoms with Gasteiger partial charge in [0.1, 0.15) is 11.9 Å². The molecule has 186 valence electrons. The van der Waals surface area contributed by atoms with E-state index in [1.54, 1.807) is 36.4 Å². The number of nitrogens with zero attached hydrogens (tertiary/aromatic N) is 3. The van der Waals surface area contributed by atoms with E-state index in [0.29, 0.717) is 31.7 Å². The Morgan fingerprint density at radius 3 is 2.51 bits per heavy atom. The first-order valence-corrected chi connectivity index (χ1v) is 11.5. The maximum absolute atomic E-state index is 13.4. The van der Waals surface area contributed by atoms with Crippen molar-refractivity contribution < 1.29 is 32.3 Å². The van der Waals surface area contributed by atoms with Crippen molar-refractivity contribution in [2.75, 3.05) is 19.6 Å². The maximum atomic E-state index is 13.4. The number of ether oxygens (including phenoxy) is 1. The monoisotopic (exact) mass is 489 g/mol. The zero-order chi connectivity index (χ0) is 25.2. The zero-order valence-electron chi connectivity index (χ0n) is 19.3. The van der Waals surface area contributed by atoms with Crippen molar-refractivity contribution in [1.29, 1.82) is 0 Å². The van der Waals surface area contributed by atoms with E-state index in [1.165, 1.54) is 12.1 Å². The zero-order valence-corrected chi connectivity index (χ0v) is 19.3. The van der Waals surface area contributed by atoms with Gasteiger partial charge in [0, 0.05) is 51.5 Å². The average Bonchev–Trinajstić information content (AvgIpc) is 3.09. The Morgan fingerprint density at radius 2 is 1.91 bits per heavy atom. The molecule has 0 N–H and O–H groups in total. The molecule has 1 atom stereocenters. The Kier molecular flexibility index (Phi) is 6.82. The summed E-state index contributed by atoms with van der Waals surface area (Å²) in [5.74, 6) is -0.865. The molecule has 35 heavy (non-hydrogen) atoms. The van der Waals surface area contributed by atoms with Crippen molar-refractivity contribution >= 4 is 17.7 Å². The van der Waals surface area contributed by atoms with E-state index in [-0.39, 0.29) is 37.0 Å². The highest BCUT2D eigenvalue weighted by molar-refractivity contribution is 6.10. The molecule has 7 nitrogen and oxygen atoms in total. The second-order valence-corrected chi connectivity index (χ2v) is 8.84. The molecule has 0 bridgehead atoms. The molecule has 0 radical (unpaired) electrons. The molecule has 0 aliphatic carbocycles. The fraction of sp³-hybridized carbons (Fsp3) is 0.440. The topological polar surface area (TPSA) is 79.8 Å². The number of aromatic nitrogens is 1. The first-order valence-electron chi connectivity index (χ1n) is 11.5. The van der Waals surface area contributed by atoms with E-state index >= 15 is 0 Å². The number of pyridine rings is 1. The fourth-order valence-electron chi connectivity index (χ4n) is 4.78. The molecule has 0 unspecified atom stereocenters. The van der Waals surface area contributed by atoms with Gasteiger partial charge in [-0.2, -0.15) is 13.2 Å². The summed E-state index contributed by atoms with van der Waals surface area (Å²) in [5, 5.41) is 0. The maximum Gasteiger partial charge on any atom is 0.416 e. The second kappa shape index (κ2) is 9.67. The van der Waals surface area contributed by atoms with Crippen LogP contribution in [0.1, 0.15) is 43.7 Å². The number of halogens is 3. The van der Waals surface area contributed by atoms with E-state index in [1.807, 2.05) is 0 Å². The minimum atomic E-state index is -4.62. The van der Waals surface area contributed by atoms with Crippen LogP contribution in [0.4, 0.5) is 13.2 Å². The quantitative estimate of drug-likeness (QED) is 0.580. The minimum Gasteiger partial charge on any atom is -0.489 e. The Labute approximate surface area is 200 Å². The van der Waals surface area contributed by atoms with Crippen molar-refractivity contribution in [1.82, 2.24) is 14.8 Å². The summed E-state index contributed by atoms with van der Waals surface area (Å²) in [5.41, 5.74) is -2.55. The van der Waals surface area contributed by atoms with Gasteiger partial charge in [0.05, 0.1) is 17.2 Å². The molecule has 2 aliphatic heterocycles. The van der Waals surface area contributed by atoms with Gasteiger partial charge in [0.25, 0.3) is 0 Å². The van der Waals surface area contributed by atoms with Gasteiger partial charge in [0.2, 0.25) is 17.7 Å². The van der Waals surface area contributed by atoms with Crippen LogP contribution in [0.15, 0.2) is 48.8 Å². The lowest BCUT2D eigenvalue weighted by molar-refractivity contribution is -0.143. The third-order valence-electron chi connectivity index (χ3n) is 6.65. The van der Waals surface area contributed by atoms with Gasteiger partial charge in [-0.3, -0.25) is 24.3 Å². The Bertz CT molecular complexity index is 1100. The molecule has 4 rings (SSSR count). The summed E-state index contributed by atoms with van der Waals surface area (Å²) in [6, 6.07) is 7.95. The smallest absolute Gasteiger partial charge is 0.416 e. The third-order valence-corrected chi connectivity index (χ3v) is 6.65. The number of rotatable bonds is 6. The summed E-state index contributed by atoms with van der Waals surface area (Å²) in [6.07, 6.45) is -1.06. The van der Waals surface area contributed by atoms with Gasteiger partial charge in [-0.05, 0) is 30.7 Å². The van der Waals surface area contributed by atoms with Gasteiger partial charge < -0.3 is 9.64 Å². The number of hydrogen-bond acceptors (Lipinski definition) is 5. The molecule has 2 aromatic rings. The number of piperidine rings is 1. The summed E-state index contributed by atoms with van der Waals surface area (Å²) in [6.45, 7) is 2.46. The fourth-order valence-corrected chi connectivity index (χ4v) is 4.78. The first kappa shape index (κ1) is 24.7. The van der Waals surface area contributed by atoms with Crippen molar-refractivity contribution in [2.45, 2.75) is 50.3 Å². The molecule has 2 aliphatic rings. The Morgan fingerprint density at radius 1 is 1.17 bits per heavy atom. The molecule has 1 aromatic heterocycles. The number of hydrogen-bond donors (Lipinski definition) is 0. The number of likely N-dealkylation sites (tertiary alicyclic amines) is 2. The molecule has 2 fully saturated rings. The van der Waals surface area contributed by atoms with Gasteiger partial charge in [0.15, 0.2) is 0 Å². The van der Waals surface area contributed by atoms with Crippen molar-refractivity contribution in [3.8, 4) is 5.75 Å². The summed E-state index contributed by atoms with van der Waals surface area (Å²) >= 11 is 0. The lowest BCUT2D eigenvalue weighted by atomic mass is 9.75. The van der Waals surface area contributed by atoms with Crippen LogP contribution in [0.25, 0.3) is 0 Å². The van der Waals surface area contributed by atoms with Crippen molar-refractivity contribution in [3.05, 3.63) is 59.9 Å². The van der Waals surface area contributed by atoms with E-state index in [2.05, 4.69) is 4.98 Å².